The number of halogens is 2. The van der Waals surface area contributed by atoms with Crippen LogP contribution >= 0.6 is 38.9 Å². The van der Waals surface area contributed by atoms with Crippen LogP contribution in [0.5, 0.6) is 5.75 Å². The molecule has 1 heterocycles. The van der Waals surface area contributed by atoms with Crippen molar-refractivity contribution >= 4 is 54.9 Å². The van der Waals surface area contributed by atoms with E-state index in [1.165, 1.54) is 0 Å². The number of hydrogen-bond donors (Lipinski definition) is 0. The van der Waals surface area contributed by atoms with Crippen molar-refractivity contribution in [3.63, 3.8) is 0 Å². The maximum Gasteiger partial charge on any atom is 0.196 e. The van der Waals surface area contributed by atoms with Crippen LogP contribution < -0.4 is 4.74 Å². The molecular formula is C21H13BrClNO2S. The molecule has 0 fully saturated rings. The van der Waals surface area contributed by atoms with E-state index in [-0.39, 0.29) is 5.78 Å². The normalized spacial score (nSPS) is 10.9. The van der Waals surface area contributed by atoms with E-state index in [4.69, 9.17) is 16.3 Å². The van der Waals surface area contributed by atoms with Gasteiger partial charge < -0.3 is 4.74 Å². The number of ether oxygens (including phenoxy) is 1. The van der Waals surface area contributed by atoms with Crippen LogP contribution in [0, 0.1) is 0 Å². The van der Waals surface area contributed by atoms with Crippen molar-refractivity contribution in [2.45, 2.75) is 6.61 Å². The first-order valence-corrected chi connectivity index (χ1v) is 10.2. The average molecular weight is 459 g/mol. The van der Waals surface area contributed by atoms with Gasteiger partial charge in [0.15, 0.2) is 5.78 Å². The van der Waals surface area contributed by atoms with Crippen molar-refractivity contribution in [1.82, 2.24) is 4.98 Å². The van der Waals surface area contributed by atoms with Gasteiger partial charge in [0.05, 0.1) is 15.8 Å². The quantitative estimate of drug-likeness (QED) is 0.319. The second-order valence-corrected chi connectivity index (χ2v) is 8.31. The number of nitrogens with zero attached hydrogens (tertiary/aromatic N) is 1. The number of para-hydroxylation sites is 1. The fourth-order valence-electron chi connectivity index (χ4n) is 2.68. The molecule has 0 aliphatic heterocycles. The summed E-state index contributed by atoms with van der Waals surface area (Å²) in [5.74, 6) is 0.407. The van der Waals surface area contributed by atoms with Gasteiger partial charge in [0.2, 0.25) is 0 Å². The number of ketones is 1. The van der Waals surface area contributed by atoms with Gasteiger partial charge in [0.1, 0.15) is 17.4 Å². The Morgan fingerprint density at radius 1 is 1.07 bits per heavy atom. The molecular weight excluding hydrogens is 446 g/mol. The van der Waals surface area contributed by atoms with E-state index in [9.17, 15) is 4.79 Å². The SMILES string of the molecule is O=C(c1ccc(Cl)cc1)c1cc(Br)ccc1OCc1nc2ccccc2s1. The lowest BCUT2D eigenvalue weighted by Crippen LogP contribution is -2.06. The number of rotatable bonds is 5. The number of benzene rings is 3. The van der Waals surface area contributed by atoms with Gasteiger partial charge in [0, 0.05) is 15.1 Å². The average Bonchev–Trinajstić information content (AvgIpc) is 3.10. The number of fused-ring (bicyclic) bond motifs is 1. The zero-order chi connectivity index (χ0) is 18.8. The maximum atomic E-state index is 12.9. The van der Waals surface area contributed by atoms with Crippen molar-refractivity contribution in [2.24, 2.45) is 0 Å². The Morgan fingerprint density at radius 3 is 2.63 bits per heavy atom. The summed E-state index contributed by atoms with van der Waals surface area (Å²) in [6, 6.07) is 20.2. The molecule has 0 N–H and O–H groups in total. The summed E-state index contributed by atoms with van der Waals surface area (Å²) in [5, 5.41) is 1.46. The molecule has 0 saturated carbocycles. The molecule has 4 rings (SSSR count). The summed E-state index contributed by atoms with van der Waals surface area (Å²) in [4.78, 5) is 17.5. The van der Waals surface area contributed by atoms with Gasteiger partial charge in [-0.3, -0.25) is 4.79 Å². The Bertz CT molecular complexity index is 1090. The first-order valence-electron chi connectivity index (χ1n) is 8.17. The van der Waals surface area contributed by atoms with Crippen LogP contribution in [0.3, 0.4) is 0 Å². The van der Waals surface area contributed by atoms with Gasteiger partial charge in [-0.15, -0.1) is 11.3 Å². The van der Waals surface area contributed by atoms with Gasteiger partial charge in [-0.05, 0) is 54.6 Å². The van der Waals surface area contributed by atoms with Crippen molar-refractivity contribution in [2.75, 3.05) is 0 Å². The summed E-state index contributed by atoms with van der Waals surface area (Å²) >= 11 is 10.9. The Hall–Kier alpha value is -2.21. The van der Waals surface area contributed by atoms with Crippen molar-refractivity contribution in [3.05, 3.63) is 92.4 Å². The maximum absolute atomic E-state index is 12.9. The lowest BCUT2D eigenvalue weighted by atomic mass is 10.0. The molecule has 0 radical (unpaired) electrons. The number of carbonyl (C=O) groups excluding carboxylic acids is 1. The monoisotopic (exact) mass is 457 g/mol. The zero-order valence-electron chi connectivity index (χ0n) is 14.0. The molecule has 0 bridgehead atoms. The first-order chi connectivity index (χ1) is 13.1. The molecule has 0 amide bonds. The summed E-state index contributed by atoms with van der Waals surface area (Å²) in [7, 11) is 0. The second kappa shape index (κ2) is 7.80. The Balaban J connectivity index is 1.60. The van der Waals surface area contributed by atoms with Crippen LogP contribution in [0.15, 0.2) is 71.2 Å². The van der Waals surface area contributed by atoms with Crippen LogP contribution in [0.25, 0.3) is 10.2 Å². The van der Waals surface area contributed by atoms with E-state index >= 15 is 0 Å². The van der Waals surface area contributed by atoms with Crippen molar-refractivity contribution < 1.29 is 9.53 Å². The molecule has 0 spiro atoms. The Labute approximate surface area is 173 Å². The Kier molecular flexibility index (Phi) is 5.25. The fourth-order valence-corrected chi connectivity index (χ4v) is 4.05. The van der Waals surface area contributed by atoms with Gasteiger partial charge in [0.25, 0.3) is 0 Å². The number of hydrogen-bond acceptors (Lipinski definition) is 4. The third-order valence-corrected chi connectivity index (χ3v) is 5.74. The third kappa shape index (κ3) is 4.05. The highest BCUT2D eigenvalue weighted by Gasteiger charge is 2.16. The fraction of sp³-hybridized carbons (Fsp3) is 0.0476. The third-order valence-electron chi connectivity index (χ3n) is 3.98. The molecule has 1 aromatic heterocycles. The molecule has 6 heteroatoms. The topological polar surface area (TPSA) is 39.2 Å². The van der Waals surface area contributed by atoms with Crippen LogP contribution in [-0.2, 0) is 6.61 Å². The van der Waals surface area contributed by atoms with Gasteiger partial charge in [-0.2, -0.15) is 0 Å². The van der Waals surface area contributed by atoms with Crippen molar-refractivity contribution in [3.8, 4) is 5.75 Å². The van der Waals surface area contributed by atoms with E-state index in [1.54, 1.807) is 47.7 Å². The molecule has 0 aliphatic carbocycles. The highest BCUT2D eigenvalue weighted by atomic mass is 79.9. The summed E-state index contributed by atoms with van der Waals surface area (Å²) in [6.45, 7) is 0.307. The molecule has 0 atom stereocenters. The van der Waals surface area contributed by atoms with Crippen LogP contribution in [-0.4, -0.2) is 10.8 Å². The molecule has 0 unspecified atom stereocenters. The minimum Gasteiger partial charge on any atom is -0.486 e. The minimum absolute atomic E-state index is 0.118. The van der Waals surface area contributed by atoms with E-state index in [2.05, 4.69) is 20.9 Å². The number of thiazole rings is 1. The number of carbonyl (C=O) groups is 1. The predicted molar refractivity (Wildman–Crippen MR) is 113 cm³/mol. The molecule has 0 saturated heterocycles. The summed E-state index contributed by atoms with van der Waals surface area (Å²) < 4.78 is 7.88. The summed E-state index contributed by atoms with van der Waals surface area (Å²) in [6.07, 6.45) is 0. The molecule has 27 heavy (non-hydrogen) atoms. The smallest absolute Gasteiger partial charge is 0.196 e. The molecule has 4 aromatic rings. The molecule has 3 nitrogen and oxygen atoms in total. The molecule has 134 valence electrons. The van der Waals surface area contributed by atoms with Crippen molar-refractivity contribution in [1.29, 1.82) is 0 Å². The highest BCUT2D eigenvalue weighted by Crippen LogP contribution is 2.28. The highest BCUT2D eigenvalue weighted by molar-refractivity contribution is 9.10. The Morgan fingerprint density at radius 2 is 1.85 bits per heavy atom. The van der Waals surface area contributed by atoms with Crippen LogP contribution in [0.4, 0.5) is 0 Å². The van der Waals surface area contributed by atoms with Gasteiger partial charge >= 0.3 is 0 Å². The molecule has 3 aromatic carbocycles. The lowest BCUT2D eigenvalue weighted by Gasteiger charge is -2.11. The van der Waals surface area contributed by atoms with E-state index in [0.717, 1.165) is 19.7 Å². The van der Waals surface area contributed by atoms with E-state index in [0.29, 0.717) is 28.5 Å². The standard InChI is InChI=1S/C21H13BrClNO2S/c22-14-7-10-18(16(11-14)21(25)13-5-8-15(23)9-6-13)26-12-20-24-17-3-1-2-4-19(17)27-20/h1-11H,12H2. The van der Waals surface area contributed by atoms with E-state index in [1.807, 2.05) is 30.3 Å². The van der Waals surface area contributed by atoms with Gasteiger partial charge in [-0.1, -0.05) is 39.7 Å². The van der Waals surface area contributed by atoms with Gasteiger partial charge in [-0.25, -0.2) is 4.98 Å². The van der Waals surface area contributed by atoms with Crippen LogP contribution in [0.2, 0.25) is 5.02 Å². The summed E-state index contributed by atoms with van der Waals surface area (Å²) in [5.41, 5.74) is 2.00. The second-order valence-electron chi connectivity index (χ2n) is 5.84. The zero-order valence-corrected chi connectivity index (χ0v) is 17.1. The number of aromatic nitrogens is 1. The van der Waals surface area contributed by atoms with E-state index < -0.39 is 0 Å². The minimum atomic E-state index is -0.118. The molecule has 0 aliphatic rings. The lowest BCUT2D eigenvalue weighted by molar-refractivity contribution is 0.103. The largest absolute Gasteiger partial charge is 0.486 e. The van der Waals surface area contributed by atoms with Crippen LogP contribution in [0.1, 0.15) is 20.9 Å². The first kappa shape index (κ1) is 18.2. The predicted octanol–water partition coefficient (Wildman–Crippen LogP) is 6.52.